The van der Waals surface area contributed by atoms with Gasteiger partial charge < -0.3 is 20.5 Å². The summed E-state index contributed by atoms with van der Waals surface area (Å²) in [7, 11) is 0. The molecule has 0 aromatic heterocycles. The van der Waals surface area contributed by atoms with E-state index in [0.717, 1.165) is 5.56 Å². The molecule has 0 radical (unpaired) electrons. The molecule has 1 aromatic rings. The summed E-state index contributed by atoms with van der Waals surface area (Å²) in [5, 5.41) is 9.65. The van der Waals surface area contributed by atoms with E-state index in [4.69, 9.17) is 10.5 Å². The highest BCUT2D eigenvalue weighted by molar-refractivity contribution is 5.93. The quantitative estimate of drug-likeness (QED) is 0.724. The molecule has 2 rings (SSSR count). The summed E-state index contributed by atoms with van der Waals surface area (Å²) in [5.41, 5.74) is 6.21. The van der Waals surface area contributed by atoms with E-state index < -0.39 is 12.2 Å². The normalized spacial score (nSPS) is 18.6. The van der Waals surface area contributed by atoms with Crippen molar-refractivity contribution >= 4 is 11.8 Å². The number of carbonyl (C=O) groups excluding carboxylic acids is 2. The van der Waals surface area contributed by atoms with Crippen molar-refractivity contribution in [3.05, 3.63) is 29.3 Å². The van der Waals surface area contributed by atoms with Crippen LogP contribution in [0, 0.1) is 0 Å². The van der Waals surface area contributed by atoms with Gasteiger partial charge in [-0.2, -0.15) is 0 Å². The molecule has 0 saturated heterocycles. The van der Waals surface area contributed by atoms with Crippen LogP contribution >= 0.6 is 0 Å². The summed E-state index contributed by atoms with van der Waals surface area (Å²) in [4.78, 5) is 23.9. The first kappa shape index (κ1) is 12.4. The first-order valence-electron chi connectivity index (χ1n) is 5.50. The van der Waals surface area contributed by atoms with Gasteiger partial charge in [-0.15, -0.1) is 0 Å². The van der Waals surface area contributed by atoms with Crippen LogP contribution in [0.1, 0.15) is 22.8 Å². The summed E-state index contributed by atoms with van der Waals surface area (Å²) in [6.45, 7) is 1.85. The number of carbonyl (C=O) groups is 2. The second kappa shape index (κ2) is 4.66. The molecule has 3 N–H and O–H groups in total. The van der Waals surface area contributed by atoms with Gasteiger partial charge in [0.1, 0.15) is 5.75 Å². The minimum absolute atomic E-state index is 0.0932. The molecule has 1 unspecified atom stereocenters. The number of β-amino-alcohol motifs (C(OH)–C–C–N with tert-alkyl or cyclic N) is 1. The lowest BCUT2D eigenvalue weighted by molar-refractivity contribution is -0.133. The Labute approximate surface area is 104 Å². The van der Waals surface area contributed by atoms with Crippen molar-refractivity contribution in [1.29, 1.82) is 0 Å². The molecule has 1 aliphatic rings. The number of primary amides is 1. The smallest absolute Gasteiger partial charge is 0.248 e. The van der Waals surface area contributed by atoms with Gasteiger partial charge in [0, 0.05) is 24.6 Å². The summed E-state index contributed by atoms with van der Waals surface area (Å²) in [6, 6.07) is 4.72. The van der Waals surface area contributed by atoms with E-state index in [9.17, 15) is 14.7 Å². The Kier molecular flexibility index (Phi) is 3.20. The SMILES string of the molecule is CC(=O)N1Cc2ccc(C(N)=O)cc2OC(O)C1. The summed E-state index contributed by atoms with van der Waals surface area (Å²) in [6.07, 6.45) is -1.11. The molecule has 1 aromatic carbocycles. The monoisotopic (exact) mass is 250 g/mol. The van der Waals surface area contributed by atoms with Gasteiger partial charge in [-0.1, -0.05) is 6.07 Å². The van der Waals surface area contributed by atoms with Gasteiger partial charge in [0.25, 0.3) is 0 Å². The Morgan fingerprint density at radius 1 is 1.50 bits per heavy atom. The standard InChI is InChI=1S/C12H14N2O4/c1-7(15)14-5-9-3-2-8(12(13)17)4-10(9)18-11(16)6-14/h2-4,11,16H,5-6H2,1H3,(H2,13,17). The molecule has 0 fully saturated rings. The average Bonchev–Trinajstić information content (AvgIpc) is 2.45. The molecule has 1 aliphatic heterocycles. The van der Waals surface area contributed by atoms with E-state index in [-0.39, 0.29) is 12.5 Å². The Hall–Kier alpha value is -2.08. The topological polar surface area (TPSA) is 92.9 Å². The van der Waals surface area contributed by atoms with E-state index in [1.54, 1.807) is 12.1 Å². The fourth-order valence-electron chi connectivity index (χ4n) is 1.83. The molecule has 2 amide bonds. The molecule has 6 heteroatoms. The molecule has 0 aliphatic carbocycles. The zero-order valence-electron chi connectivity index (χ0n) is 9.92. The predicted octanol–water partition coefficient (Wildman–Crippen LogP) is -0.155. The zero-order chi connectivity index (χ0) is 13.3. The van der Waals surface area contributed by atoms with Crippen molar-refractivity contribution in [2.24, 2.45) is 5.73 Å². The number of nitrogens with zero attached hydrogens (tertiary/aromatic N) is 1. The number of hydrogen-bond acceptors (Lipinski definition) is 4. The van der Waals surface area contributed by atoms with E-state index in [0.29, 0.717) is 17.9 Å². The van der Waals surface area contributed by atoms with E-state index in [2.05, 4.69) is 0 Å². The molecular formula is C12H14N2O4. The number of hydrogen-bond donors (Lipinski definition) is 2. The van der Waals surface area contributed by atoms with Crippen molar-refractivity contribution in [1.82, 2.24) is 4.90 Å². The summed E-state index contributed by atoms with van der Waals surface area (Å²) in [5.74, 6) is -0.337. The Morgan fingerprint density at radius 3 is 2.83 bits per heavy atom. The molecule has 0 spiro atoms. The van der Waals surface area contributed by atoms with Crippen LogP contribution in [0.3, 0.4) is 0 Å². The third-order valence-electron chi connectivity index (χ3n) is 2.80. The molecular weight excluding hydrogens is 236 g/mol. The van der Waals surface area contributed by atoms with Gasteiger partial charge in [-0.25, -0.2) is 0 Å². The Bertz CT molecular complexity index is 501. The lowest BCUT2D eigenvalue weighted by Crippen LogP contribution is -2.35. The van der Waals surface area contributed by atoms with Crippen molar-refractivity contribution in [3.63, 3.8) is 0 Å². The van der Waals surface area contributed by atoms with E-state index in [1.807, 2.05) is 0 Å². The van der Waals surface area contributed by atoms with Crippen LogP contribution in [-0.4, -0.2) is 34.7 Å². The van der Waals surface area contributed by atoms with Crippen LogP contribution in [0.2, 0.25) is 0 Å². The van der Waals surface area contributed by atoms with Gasteiger partial charge in [-0.05, 0) is 12.1 Å². The van der Waals surface area contributed by atoms with E-state index >= 15 is 0 Å². The lowest BCUT2D eigenvalue weighted by atomic mass is 10.1. The van der Waals surface area contributed by atoms with Crippen molar-refractivity contribution < 1.29 is 19.4 Å². The first-order valence-corrected chi connectivity index (χ1v) is 5.50. The highest BCUT2D eigenvalue weighted by Gasteiger charge is 2.23. The van der Waals surface area contributed by atoms with Crippen LogP contribution in [0.5, 0.6) is 5.75 Å². The zero-order valence-corrected chi connectivity index (χ0v) is 9.92. The fourth-order valence-corrected chi connectivity index (χ4v) is 1.83. The molecule has 96 valence electrons. The minimum atomic E-state index is -1.11. The maximum Gasteiger partial charge on any atom is 0.248 e. The second-order valence-electron chi connectivity index (χ2n) is 4.16. The molecule has 0 saturated carbocycles. The first-order chi connectivity index (χ1) is 8.47. The summed E-state index contributed by atoms with van der Waals surface area (Å²) >= 11 is 0. The predicted molar refractivity (Wildman–Crippen MR) is 62.7 cm³/mol. The van der Waals surface area contributed by atoms with Gasteiger partial charge >= 0.3 is 0 Å². The van der Waals surface area contributed by atoms with Crippen LogP contribution in [-0.2, 0) is 11.3 Å². The molecule has 0 bridgehead atoms. The number of aliphatic hydroxyl groups is 1. The van der Waals surface area contributed by atoms with Crippen LogP contribution < -0.4 is 10.5 Å². The van der Waals surface area contributed by atoms with Crippen molar-refractivity contribution in [2.45, 2.75) is 19.8 Å². The average molecular weight is 250 g/mol. The Balaban J connectivity index is 2.37. The highest BCUT2D eigenvalue weighted by Crippen LogP contribution is 2.26. The van der Waals surface area contributed by atoms with Gasteiger partial charge in [0.15, 0.2) is 0 Å². The number of fused-ring (bicyclic) bond motifs is 1. The number of rotatable bonds is 1. The number of amides is 2. The van der Waals surface area contributed by atoms with Crippen LogP contribution in [0.25, 0.3) is 0 Å². The molecule has 1 heterocycles. The number of aliphatic hydroxyl groups excluding tert-OH is 1. The number of nitrogens with two attached hydrogens (primary N) is 1. The highest BCUT2D eigenvalue weighted by atomic mass is 16.6. The minimum Gasteiger partial charge on any atom is -0.463 e. The van der Waals surface area contributed by atoms with E-state index in [1.165, 1.54) is 17.9 Å². The maximum absolute atomic E-state index is 11.4. The fraction of sp³-hybridized carbons (Fsp3) is 0.333. The van der Waals surface area contributed by atoms with Gasteiger partial charge in [0.05, 0.1) is 6.54 Å². The largest absolute Gasteiger partial charge is 0.463 e. The third-order valence-corrected chi connectivity index (χ3v) is 2.80. The van der Waals surface area contributed by atoms with Gasteiger partial charge in [0.2, 0.25) is 18.1 Å². The maximum atomic E-state index is 11.4. The third kappa shape index (κ3) is 2.43. The number of ether oxygens (including phenoxy) is 1. The number of benzene rings is 1. The molecule has 6 nitrogen and oxygen atoms in total. The Morgan fingerprint density at radius 2 is 2.22 bits per heavy atom. The molecule has 1 atom stereocenters. The van der Waals surface area contributed by atoms with Crippen molar-refractivity contribution in [2.75, 3.05) is 6.54 Å². The summed E-state index contributed by atoms with van der Waals surface area (Å²) < 4.78 is 5.28. The molecule has 18 heavy (non-hydrogen) atoms. The lowest BCUT2D eigenvalue weighted by Gasteiger charge is -2.19. The van der Waals surface area contributed by atoms with Crippen LogP contribution in [0.15, 0.2) is 18.2 Å². The second-order valence-corrected chi connectivity index (χ2v) is 4.16. The van der Waals surface area contributed by atoms with Crippen molar-refractivity contribution in [3.8, 4) is 5.75 Å². The van der Waals surface area contributed by atoms with Crippen LogP contribution in [0.4, 0.5) is 0 Å². The van der Waals surface area contributed by atoms with Gasteiger partial charge in [-0.3, -0.25) is 9.59 Å².